The molecule has 1 heterocycles. The van der Waals surface area contributed by atoms with Crippen molar-refractivity contribution < 1.29 is 4.84 Å². The molecule has 0 amide bonds. The quantitative estimate of drug-likeness (QED) is 0.594. The lowest BCUT2D eigenvalue weighted by Crippen LogP contribution is -1.85. The molecule has 88 valence electrons. The van der Waals surface area contributed by atoms with E-state index in [0.29, 0.717) is 11.6 Å². The summed E-state index contributed by atoms with van der Waals surface area (Å²) in [5, 5.41) is 4.58. The summed E-state index contributed by atoms with van der Waals surface area (Å²) in [4.78, 5) is 6.20. The summed E-state index contributed by atoms with van der Waals surface area (Å²) in [6, 6.07) is 11.1. The lowest BCUT2D eigenvalue weighted by molar-refractivity contribution is 0.134. The van der Waals surface area contributed by atoms with Crippen LogP contribution in [0.4, 0.5) is 0 Å². The Bertz CT molecular complexity index is 507. The van der Waals surface area contributed by atoms with E-state index in [1.54, 1.807) is 6.21 Å². The summed E-state index contributed by atoms with van der Waals surface area (Å²) < 4.78 is 0.755. The minimum atomic E-state index is 0.432. The van der Waals surface area contributed by atoms with Gasteiger partial charge in [0.05, 0.1) is 10.6 Å². The fourth-order valence-electron chi connectivity index (χ4n) is 1.18. The maximum absolute atomic E-state index is 5.80. The van der Waals surface area contributed by atoms with E-state index in [2.05, 4.69) is 5.16 Å². The van der Waals surface area contributed by atoms with E-state index >= 15 is 0 Å². The fourth-order valence-corrected chi connectivity index (χ4v) is 2.30. The molecule has 0 spiro atoms. The standard InChI is InChI=1S/C12H9Cl2NOS/c13-10-3-1-9(2-4-10)7-15-16-8-11-5-6-12(14)17-11/h1-7H,8H2/b15-7+. The summed E-state index contributed by atoms with van der Waals surface area (Å²) in [7, 11) is 0. The molecule has 0 aliphatic rings. The molecule has 0 radical (unpaired) electrons. The van der Waals surface area contributed by atoms with E-state index in [0.717, 1.165) is 14.8 Å². The normalized spacial score (nSPS) is 10.9. The van der Waals surface area contributed by atoms with Crippen LogP contribution in [0.25, 0.3) is 0 Å². The van der Waals surface area contributed by atoms with Gasteiger partial charge < -0.3 is 4.84 Å². The van der Waals surface area contributed by atoms with Crippen molar-refractivity contribution >= 4 is 40.8 Å². The third kappa shape index (κ3) is 4.04. The molecule has 0 N–H and O–H groups in total. The minimum absolute atomic E-state index is 0.432. The molecule has 0 fully saturated rings. The summed E-state index contributed by atoms with van der Waals surface area (Å²) in [6.07, 6.45) is 1.64. The molecular weight excluding hydrogens is 277 g/mol. The van der Waals surface area contributed by atoms with Gasteiger partial charge in [0.25, 0.3) is 0 Å². The van der Waals surface area contributed by atoms with Crippen LogP contribution in [0.3, 0.4) is 0 Å². The molecule has 0 saturated heterocycles. The van der Waals surface area contributed by atoms with Crippen LogP contribution >= 0.6 is 34.5 Å². The molecule has 17 heavy (non-hydrogen) atoms. The first-order valence-electron chi connectivity index (χ1n) is 4.89. The molecular formula is C12H9Cl2NOS. The highest BCUT2D eigenvalue weighted by molar-refractivity contribution is 7.16. The largest absolute Gasteiger partial charge is 0.390 e. The lowest BCUT2D eigenvalue weighted by atomic mass is 10.2. The van der Waals surface area contributed by atoms with Gasteiger partial charge in [0.2, 0.25) is 0 Å². The average Bonchev–Trinajstić information content (AvgIpc) is 2.73. The van der Waals surface area contributed by atoms with Gasteiger partial charge in [0.1, 0.15) is 0 Å². The van der Waals surface area contributed by atoms with E-state index < -0.39 is 0 Å². The van der Waals surface area contributed by atoms with Crippen molar-refractivity contribution in [3.05, 3.63) is 56.2 Å². The summed E-state index contributed by atoms with van der Waals surface area (Å²) in [6.45, 7) is 0.432. The number of rotatable bonds is 4. The second-order valence-electron chi connectivity index (χ2n) is 3.27. The molecule has 0 bridgehead atoms. The lowest BCUT2D eigenvalue weighted by Gasteiger charge is -1.96. The highest BCUT2D eigenvalue weighted by atomic mass is 35.5. The number of hydrogen-bond donors (Lipinski definition) is 0. The van der Waals surface area contributed by atoms with Gasteiger partial charge in [-0.2, -0.15) is 0 Å². The number of nitrogens with zero attached hydrogens (tertiary/aromatic N) is 1. The van der Waals surface area contributed by atoms with E-state index in [9.17, 15) is 0 Å². The van der Waals surface area contributed by atoms with Crippen LogP contribution in [0.2, 0.25) is 9.36 Å². The van der Waals surface area contributed by atoms with Gasteiger partial charge in [-0.15, -0.1) is 11.3 Å². The molecule has 0 aliphatic heterocycles. The van der Waals surface area contributed by atoms with Crippen LogP contribution in [0.5, 0.6) is 0 Å². The van der Waals surface area contributed by atoms with Crippen LogP contribution in [0, 0.1) is 0 Å². The van der Waals surface area contributed by atoms with Gasteiger partial charge in [0.15, 0.2) is 6.61 Å². The molecule has 2 aromatic rings. The van der Waals surface area contributed by atoms with Gasteiger partial charge in [-0.1, -0.05) is 40.5 Å². The van der Waals surface area contributed by atoms with Crippen molar-refractivity contribution in [2.24, 2.45) is 5.16 Å². The van der Waals surface area contributed by atoms with Crippen molar-refractivity contribution in [1.82, 2.24) is 0 Å². The summed E-state index contributed by atoms with van der Waals surface area (Å²) in [5.41, 5.74) is 0.943. The van der Waals surface area contributed by atoms with Gasteiger partial charge in [-0.25, -0.2) is 0 Å². The van der Waals surface area contributed by atoms with Crippen LogP contribution in [-0.4, -0.2) is 6.21 Å². The number of oxime groups is 1. The van der Waals surface area contributed by atoms with E-state index in [4.69, 9.17) is 28.0 Å². The summed E-state index contributed by atoms with van der Waals surface area (Å²) >= 11 is 13.0. The number of hydrogen-bond acceptors (Lipinski definition) is 3. The van der Waals surface area contributed by atoms with E-state index in [1.165, 1.54) is 11.3 Å². The topological polar surface area (TPSA) is 21.6 Å². The maximum atomic E-state index is 5.80. The molecule has 0 aliphatic carbocycles. The first-order chi connectivity index (χ1) is 8.24. The third-order valence-electron chi connectivity index (χ3n) is 1.98. The zero-order valence-corrected chi connectivity index (χ0v) is 11.1. The van der Waals surface area contributed by atoms with Crippen molar-refractivity contribution in [2.75, 3.05) is 0 Å². The molecule has 1 aromatic heterocycles. The van der Waals surface area contributed by atoms with Crippen LogP contribution in [0.1, 0.15) is 10.4 Å². The van der Waals surface area contributed by atoms with E-state index in [1.807, 2.05) is 36.4 Å². The highest BCUT2D eigenvalue weighted by Crippen LogP contribution is 2.21. The predicted molar refractivity (Wildman–Crippen MR) is 73.2 cm³/mol. The molecule has 5 heteroatoms. The third-order valence-corrected chi connectivity index (χ3v) is 3.44. The van der Waals surface area contributed by atoms with Crippen molar-refractivity contribution in [3.8, 4) is 0 Å². The SMILES string of the molecule is Clc1ccc(/C=N/OCc2ccc(Cl)s2)cc1. The van der Waals surface area contributed by atoms with Crippen LogP contribution in [-0.2, 0) is 11.4 Å². The first kappa shape index (κ1) is 12.4. The minimum Gasteiger partial charge on any atom is -0.390 e. The average molecular weight is 286 g/mol. The van der Waals surface area contributed by atoms with Crippen molar-refractivity contribution in [1.29, 1.82) is 0 Å². The van der Waals surface area contributed by atoms with Gasteiger partial charge >= 0.3 is 0 Å². The molecule has 0 atom stereocenters. The molecule has 0 saturated carbocycles. The predicted octanol–water partition coefficient (Wildman–Crippen LogP) is 4.61. The molecule has 0 unspecified atom stereocenters. The fraction of sp³-hybridized carbons (Fsp3) is 0.0833. The summed E-state index contributed by atoms with van der Waals surface area (Å²) in [5.74, 6) is 0. The first-order valence-corrected chi connectivity index (χ1v) is 6.46. The Morgan fingerprint density at radius 2 is 1.88 bits per heavy atom. The van der Waals surface area contributed by atoms with Gasteiger partial charge in [-0.3, -0.25) is 0 Å². The van der Waals surface area contributed by atoms with E-state index in [-0.39, 0.29) is 0 Å². The smallest absolute Gasteiger partial charge is 0.151 e. The zero-order valence-electron chi connectivity index (χ0n) is 8.77. The van der Waals surface area contributed by atoms with Crippen LogP contribution in [0.15, 0.2) is 41.6 Å². The van der Waals surface area contributed by atoms with Crippen LogP contribution < -0.4 is 0 Å². The monoisotopic (exact) mass is 285 g/mol. The Labute approximate surface area is 113 Å². The van der Waals surface area contributed by atoms with Crippen molar-refractivity contribution in [3.63, 3.8) is 0 Å². The van der Waals surface area contributed by atoms with Gasteiger partial charge in [0, 0.05) is 9.90 Å². The van der Waals surface area contributed by atoms with Crippen molar-refractivity contribution in [2.45, 2.75) is 6.61 Å². The molecule has 2 rings (SSSR count). The number of thiophene rings is 1. The Kier molecular flexibility index (Phi) is 4.42. The second kappa shape index (κ2) is 6.05. The zero-order chi connectivity index (χ0) is 12.1. The number of benzene rings is 1. The Hall–Kier alpha value is -1.03. The number of halogens is 2. The highest BCUT2D eigenvalue weighted by Gasteiger charge is 1.97. The Morgan fingerprint density at radius 1 is 1.12 bits per heavy atom. The Morgan fingerprint density at radius 3 is 2.53 bits per heavy atom. The van der Waals surface area contributed by atoms with Gasteiger partial charge in [-0.05, 0) is 29.8 Å². The second-order valence-corrected chi connectivity index (χ2v) is 5.50. The molecule has 1 aromatic carbocycles. The Balaban J connectivity index is 1.84. The maximum Gasteiger partial charge on any atom is 0.151 e. The molecule has 2 nitrogen and oxygen atoms in total.